The molecule has 8 aromatic carbocycles. The maximum absolute atomic E-state index is 2.71. The van der Waals surface area contributed by atoms with Gasteiger partial charge in [0.15, 0.2) is 0 Å². The standard InChI is InChI=1S/C60H53BN2S/c1-36-23-27-40(28-24-36)63-48-30-26-39(59(5,6)7)34-45(48)54-55-44(41-19-13-15-21-46(41)60(55,8)9)35-50-57(54)61(63)56-49(31-32-52-53(56)42-20-14-16-22-51(42)64-52)62(50)47-29-25-38(58(2,3)4)33-43(47)37-17-11-10-12-18-37/h10-35H,1-9H3. The van der Waals surface area contributed by atoms with E-state index in [1.165, 1.54) is 121 Å². The zero-order valence-electron chi connectivity index (χ0n) is 38.4. The molecule has 0 saturated carbocycles. The molecular weight excluding hydrogens is 792 g/mol. The molecular formula is C60H53BN2S. The molecule has 3 aliphatic rings. The Bertz CT molecular complexity index is 3400. The maximum atomic E-state index is 2.71. The molecule has 0 bridgehead atoms. The number of aryl methyl sites for hydroxylation is 1. The summed E-state index contributed by atoms with van der Waals surface area (Å²) < 4.78 is 2.64. The lowest BCUT2D eigenvalue weighted by molar-refractivity contribution is 0.590. The molecule has 9 aromatic rings. The highest BCUT2D eigenvalue weighted by atomic mass is 32.1. The normalized spacial score (nSPS) is 14.7. The Kier molecular flexibility index (Phi) is 8.33. The molecule has 0 atom stereocenters. The summed E-state index contributed by atoms with van der Waals surface area (Å²) in [6, 6.07) is 60.7. The van der Waals surface area contributed by atoms with Crippen molar-refractivity contribution in [2.75, 3.05) is 9.71 Å². The van der Waals surface area contributed by atoms with Gasteiger partial charge in [0.2, 0.25) is 0 Å². The fourth-order valence-electron chi connectivity index (χ4n) is 11.4. The molecule has 12 rings (SSSR count). The molecule has 0 fully saturated rings. The second kappa shape index (κ2) is 13.6. The molecule has 0 saturated heterocycles. The van der Waals surface area contributed by atoms with Gasteiger partial charge in [-0.1, -0.05) is 158 Å². The highest BCUT2D eigenvalue weighted by molar-refractivity contribution is 7.26. The molecule has 0 unspecified atom stereocenters. The minimum absolute atomic E-state index is 0.0280. The van der Waals surface area contributed by atoms with Crippen LogP contribution >= 0.6 is 11.3 Å². The number of thiophene rings is 1. The molecule has 312 valence electrons. The van der Waals surface area contributed by atoms with Crippen LogP contribution in [-0.4, -0.2) is 6.85 Å². The van der Waals surface area contributed by atoms with E-state index < -0.39 is 0 Å². The summed E-state index contributed by atoms with van der Waals surface area (Å²) in [6.45, 7) is 21.1. The zero-order chi connectivity index (χ0) is 44.0. The van der Waals surface area contributed by atoms with Crippen LogP contribution in [0, 0.1) is 6.92 Å². The van der Waals surface area contributed by atoms with Gasteiger partial charge in [-0.15, -0.1) is 11.3 Å². The van der Waals surface area contributed by atoms with Gasteiger partial charge in [0.05, 0.1) is 5.69 Å². The van der Waals surface area contributed by atoms with Crippen LogP contribution in [0.25, 0.3) is 53.6 Å². The molecule has 0 radical (unpaired) electrons. The first-order valence-corrected chi connectivity index (χ1v) is 23.8. The van der Waals surface area contributed by atoms with Crippen LogP contribution in [0.2, 0.25) is 0 Å². The Labute approximate surface area is 383 Å². The summed E-state index contributed by atoms with van der Waals surface area (Å²) in [7, 11) is 0. The van der Waals surface area contributed by atoms with Gasteiger partial charge in [-0.25, -0.2) is 0 Å². The van der Waals surface area contributed by atoms with Crippen molar-refractivity contribution in [3.63, 3.8) is 0 Å². The summed E-state index contributed by atoms with van der Waals surface area (Å²) in [5.74, 6) is 0. The number of hydrogen-bond donors (Lipinski definition) is 0. The van der Waals surface area contributed by atoms with Crippen LogP contribution in [0.15, 0.2) is 158 Å². The van der Waals surface area contributed by atoms with Gasteiger partial charge in [0.1, 0.15) is 0 Å². The van der Waals surface area contributed by atoms with Crippen molar-refractivity contribution in [2.24, 2.45) is 0 Å². The van der Waals surface area contributed by atoms with E-state index in [0.717, 1.165) is 0 Å². The molecule has 2 aliphatic heterocycles. The van der Waals surface area contributed by atoms with E-state index in [0.29, 0.717) is 0 Å². The first-order valence-electron chi connectivity index (χ1n) is 23.0. The van der Waals surface area contributed by atoms with E-state index in [2.05, 4.69) is 230 Å². The second-order valence-corrected chi connectivity index (χ2v) is 22.1. The van der Waals surface area contributed by atoms with Crippen molar-refractivity contribution in [1.82, 2.24) is 0 Å². The quantitative estimate of drug-likeness (QED) is 0.164. The van der Waals surface area contributed by atoms with Crippen molar-refractivity contribution in [1.29, 1.82) is 0 Å². The lowest BCUT2D eigenvalue weighted by atomic mass is 9.42. The number of anilines is 5. The Morgan fingerprint density at radius 3 is 1.89 bits per heavy atom. The van der Waals surface area contributed by atoms with E-state index in [-0.39, 0.29) is 23.1 Å². The highest BCUT2D eigenvalue weighted by Crippen LogP contribution is 2.59. The van der Waals surface area contributed by atoms with E-state index in [1.807, 2.05) is 11.3 Å². The fourth-order valence-corrected chi connectivity index (χ4v) is 12.5. The van der Waals surface area contributed by atoms with Gasteiger partial charge in [-0.2, -0.15) is 0 Å². The number of rotatable bonds is 3. The summed E-state index contributed by atoms with van der Waals surface area (Å²) >= 11 is 1.92. The van der Waals surface area contributed by atoms with Gasteiger partial charge in [-0.05, 0) is 145 Å². The predicted molar refractivity (Wildman–Crippen MR) is 278 cm³/mol. The van der Waals surface area contributed by atoms with Crippen LogP contribution in [0.5, 0.6) is 0 Å². The molecule has 0 amide bonds. The summed E-state index contributed by atoms with van der Waals surface area (Å²) in [4.78, 5) is 5.38. The summed E-state index contributed by atoms with van der Waals surface area (Å²) in [5, 5.41) is 2.68. The van der Waals surface area contributed by atoms with Gasteiger partial charge in [0, 0.05) is 48.7 Å². The van der Waals surface area contributed by atoms with Gasteiger partial charge >= 0.3 is 6.85 Å². The third kappa shape index (κ3) is 5.57. The van der Waals surface area contributed by atoms with Crippen molar-refractivity contribution in [3.8, 4) is 33.4 Å². The topological polar surface area (TPSA) is 6.48 Å². The highest BCUT2D eigenvalue weighted by Gasteiger charge is 2.51. The molecule has 3 heterocycles. The Balaban J connectivity index is 1.31. The maximum Gasteiger partial charge on any atom is 0.333 e. The summed E-state index contributed by atoms with van der Waals surface area (Å²) in [6.07, 6.45) is 0. The first kappa shape index (κ1) is 39.3. The van der Waals surface area contributed by atoms with Crippen LogP contribution in [0.1, 0.15) is 83.2 Å². The molecule has 4 heteroatoms. The first-order chi connectivity index (χ1) is 30.7. The molecule has 64 heavy (non-hydrogen) atoms. The average Bonchev–Trinajstić information content (AvgIpc) is 3.78. The number of fused-ring (bicyclic) bond motifs is 12. The van der Waals surface area contributed by atoms with E-state index in [9.17, 15) is 0 Å². The zero-order valence-corrected chi connectivity index (χ0v) is 39.2. The SMILES string of the molecule is Cc1ccc(N2B3c4c(cc5c(c4-c4cc(C(C)(C)C)ccc42)C(C)(C)c2ccccc2-5)N(c2ccc(C(C)(C)C)cc2-c2ccccc2)c2ccc4sc5ccccc5c4c23)cc1. The Morgan fingerprint density at radius 1 is 0.516 bits per heavy atom. The third-order valence-electron chi connectivity index (χ3n) is 14.6. The minimum atomic E-state index is -0.238. The van der Waals surface area contributed by atoms with Crippen LogP contribution < -0.4 is 20.6 Å². The summed E-state index contributed by atoms with van der Waals surface area (Å²) in [5.41, 5.74) is 23.2. The lowest BCUT2D eigenvalue weighted by Gasteiger charge is -2.48. The van der Waals surface area contributed by atoms with Crippen molar-refractivity contribution < 1.29 is 0 Å². The molecule has 1 aromatic heterocycles. The average molecular weight is 845 g/mol. The van der Waals surface area contributed by atoms with Crippen LogP contribution in [-0.2, 0) is 16.2 Å². The monoisotopic (exact) mass is 844 g/mol. The molecule has 2 nitrogen and oxygen atoms in total. The number of nitrogens with zero attached hydrogens (tertiary/aromatic N) is 2. The van der Waals surface area contributed by atoms with Crippen LogP contribution in [0.3, 0.4) is 0 Å². The Hall–Kier alpha value is -6.36. The molecule has 0 spiro atoms. The number of hydrogen-bond acceptors (Lipinski definition) is 3. The van der Waals surface area contributed by atoms with E-state index in [1.54, 1.807) is 0 Å². The smallest absolute Gasteiger partial charge is 0.333 e. The largest absolute Gasteiger partial charge is 0.376 e. The second-order valence-electron chi connectivity index (χ2n) is 21.0. The van der Waals surface area contributed by atoms with Crippen LogP contribution in [0.4, 0.5) is 28.4 Å². The van der Waals surface area contributed by atoms with Gasteiger partial charge in [0.25, 0.3) is 0 Å². The van der Waals surface area contributed by atoms with Gasteiger partial charge < -0.3 is 9.71 Å². The van der Waals surface area contributed by atoms with E-state index in [4.69, 9.17) is 0 Å². The fraction of sp³-hybridized carbons (Fsp3) is 0.200. The third-order valence-corrected chi connectivity index (χ3v) is 15.7. The van der Waals surface area contributed by atoms with Crippen molar-refractivity contribution in [3.05, 3.63) is 186 Å². The lowest BCUT2D eigenvalue weighted by Crippen LogP contribution is -2.62. The number of benzene rings is 8. The van der Waals surface area contributed by atoms with Crippen molar-refractivity contribution in [2.45, 2.75) is 78.6 Å². The Morgan fingerprint density at radius 2 is 1.16 bits per heavy atom. The van der Waals surface area contributed by atoms with E-state index >= 15 is 0 Å². The predicted octanol–water partition coefficient (Wildman–Crippen LogP) is 15.6. The molecule has 0 N–H and O–H groups in total. The molecule has 1 aliphatic carbocycles. The van der Waals surface area contributed by atoms with Gasteiger partial charge in [-0.3, -0.25) is 0 Å². The minimum Gasteiger partial charge on any atom is -0.376 e. The van der Waals surface area contributed by atoms with Crippen molar-refractivity contribution >= 4 is 77.7 Å².